The fraction of sp³-hybridized carbons (Fsp3) is 0.278. The van der Waals surface area contributed by atoms with Crippen LogP contribution < -0.4 is 15.0 Å². The number of carboxylic acid groups (broad SMARTS) is 1. The van der Waals surface area contributed by atoms with Gasteiger partial charge in [0.25, 0.3) is 5.56 Å². The Morgan fingerprint density at radius 1 is 1.27 bits per heavy atom. The van der Waals surface area contributed by atoms with E-state index in [1.807, 2.05) is 12.1 Å². The molecule has 3 rings (SSSR count). The zero-order valence-electron chi connectivity index (χ0n) is 14.7. The minimum Gasteiger partial charge on any atom is -0.493 e. The molecule has 1 aromatic carbocycles. The first-order chi connectivity index (χ1) is 12.5. The van der Waals surface area contributed by atoms with Crippen molar-refractivity contribution in [3.8, 4) is 22.6 Å². The average Bonchev–Trinajstić information content (AvgIpc) is 3.04. The van der Waals surface area contributed by atoms with E-state index in [-0.39, 0.29) is 18.4 Å². The van der Waals surface area contributed by atoms with Gasteiger partial charge in [-0.3, -0.25) is 14.7 Å². The molecule has 0 atom stereocenters. The van der Waals surface area contributed by atoms with Gasteiger partial charge in [-0.15, -0.1) is 0 Å². The zero-order valence-corrected chi connectivity index (χ0v) is 14.7. The topological polar surface area (TPSA) is 106 Å². The summed E-state index contributed by atoms with van der Waals surface area (Å²) in [5, 5.41) is 11.8. The van der Waals surface area contributed by atoms with Gasteiger partial charge in [-0.2, -0.15) is 0 Å². The number of aliphatic carboxylic acids is 1. The van der Waals surface area contributed by atoms with Gasteiger partial charge in [0.1, 0.15) is 0 Å². The maximum Gasteiger partial charge on any atom is 0.303 e. The van der Waals surface area contributed by atoms with Crippen LogP contribution in [0.1, 0.15) is 17.7 Å². The number of nitrogens with one attached hydrogen (secondary N) is 1. The molecule has 0 aliphatic heterocycles. The molecule has 2 heterocycles. The third-order valence-electron chi connectivity index (χ3n) is 4.25. The molecule has 0 aliphatic carbocycles. The van der Waals surface area contributed by atoms with E-state index in [0.717, 1.165) is 11.1 Å². The Balaban J connectivity index is 2.12. The van der Waals surface area contributed by atoms with Crippen molar-refractivity contribution in [3.05, 3.63) is 46.0 Å². The minimum absolute atomic E-state index is 0.118. The molecule has 0 radical (unpaired) electrons. The molecule has 2 N–H and O–H groups in total. The lowest BCUT2D eigenvalue weighted by Crippen LogP contribution is -2.22. The number of carbonyl (C=O) groups is 1. The zero-order chi connectivity index (χ0) is 18.8. The number of aromatic amines is 1. The molecule has 136 valence electrons. The Morgan fingerprint density at radius 3 is 2.65 bits per heavy atom. The number of fused-ring (bicyclic) bond motifs is 1. The normalized spacial score (nSPS) is 10.9. The summed E-state index contributed by atoms with van der Waals surface area (Å²) in [5.74, 6) is 0.223. The lowest BCUT2D eigenvalue weighted by Gasteiger charge is -2.09. The molecule has 0 saturated carbocycles. The van der Waals surface area contributed by atoms with Crippen molar-refractivity contribution in [2.75, 3.05) is 14.2 Å². The fourth-order valence-corrected chi connectivity index (χ4v) is 2.89. The Kier molecular flexibility index (Phi) is 4.66. The quantitative estimate of drug-likeness (QED) is 0.699. The first-order valence-corrected chi connectivity index (χ1v) is 8.00. The van der Waals surface area contributed by atoms with E-state index in [1.54, 1.807) is 33.4 Å². The monoisotopic (exact) mass is 357 g/mol. The number of aromatic nitrogens is 3. The summed E-state index contributed by atoms with van der Waals surface area (Å²) in [6.07, 6.45) is 1.71. The van der Waals surface area contributed by atoms with Crippen molar-refractivity contribution in [1.82, 2.24) is 14.6 Å². The van der Waals surface area contributed by atoms with Crippen LogP contribution in [0, 0.1) is 6.92 Å². The number of ether oxygens (including phenoxy) is 2. The molecular weight excluding hydrogens is 338 g/mol. The van der Waals surface area contributed by atoms with Gasteiger partial charge >= 0.3 is 5.97 Å². The van der Waals surface area contributed by atoms with Gasteiger partial charge in [-0.05, 0) is 31.0 Å². The SMILES string of the molecule is COc1ccc(-c2c[nH]n3c(=O)c(CCC(=O)O)c(C)nc23)cc1OC. The molecule has 26 heavy (non-hydrogen) atoms. The molecular formula is C18H19N3O5. The number of H-pyrrole nitrogens is 1. The van der Waals surface area contributed by atoms with E-state index in [2.05, 4.69) is 10.1 Å². The van der Waals surface area contributed by atoms with Crippen LogP contribution >= 0.6 is 0 Å². The standard InChI is InChI=1S/C18H19N3O5/c1-10-12(5-7-16(22)23)18(24)21-17(20-10)13(9-19-21)11-4-6-14(25-2)15(8-11)26-3/h4,6,8-9,19H,5,7H2,1-3H3,(H,22,23). The van der Waals surface area contributed by atoms with Crippen molar-refractivity contribution < 1.29 is 19.4 Å². The molecule has 0 saturated heterocycles. The average molecular weight is 357 g/mol. The van der Waals surface area contributed by atoms with Crippen molar-refractivity contribution in [2.24, 2.45) is 0 Å². The molecule has 8 nitrogen and oxygen atoms in total. The molecule has 0 amide bonds. The summed E-state index contributed by atoms with van der Waals surface area (Å²) in [5.41, 5.74) is 2.64. The number of hydrogen-bond acceptors (Lipinski definition) is 5. The van der Waals surface area contributed by atoms with Crippen LogP contribution in [0.15, 0.2) is 29.2 Å². The smallest absolute Gasteiger partial charge is 0.303 e. The summed E-state index contributed by atoms with van der Waals surface area (Å²) < 4.78 is 11.9. The summed E-state index contributed by atoms with van der Waals surface area (Å²) in [6.45, 7) is 1.71. The molecule has 0 aliphatic rings. The van der Waals surface area contributed by atoms with Crippen LogP contribution in [0.2, 0.25) is 0 Å². The van der Waals surface area contributed by atoms with Crippen molar-refractivity contribution in [3.63, 3.8) is 0 Å². The predicted octanol–water partition coefficient (Wildman–Crippen LogP) is 2.03. The lowest BCUT2D eigenvalue weighted by atomic mass is 10.1. The van der Waals surface area contributed by atoms with Gasteiger partial charge in [0, 0.05) is 29.4 Å². The van der Waals surface area contributed by atoms with Crippen molar-refractivity contribution in [2.45, 2.75) is 19.8 Å². The molecule has 0 fully saturated rings. The minimum atomic E-state index is -0.952. The van der Waals surface area contributed by atoms with Crippen LogP contribution in [0.3, 0.4) is 0 Å². The third-order valence-corrected chi connectivity index (χ3v) is 4.25. The molecule has 8 heteroatoms. The van der Waals surface area contributed by atoms with Crippen molar-refractivity contribution in [1.29, 1.82) is 0 Å². The number of rotatable bonds is 6. The molecule has 0 unspecified atom stereocenters. The number of methoxy groups -OCH3 is 2. The van der Waals surface area contributed by atoms with Crippen LogP contribution in [0.5, 0.6) is 11.5 Å². The van der Waals surface area contributed by atoms with Gasteiger partial charge in [0.2, 0.25) is 0 Å². The number of hydrogen-bond donors (Lipinski definition) is 2. The second-order valence-electron chi connectivity index (χ2n) is 5.79. The van der Waals surface area contributed by atoms with Gasteiger partial charge in [-0.1, -0.05) is 6.07 Å². The third kappa shape index (κ3) is 3.01. The van der Waals surface area contributed by atoms with Gasteiger partial charge in [-0.25, -0.2) is 9.50 Å². The van der Waals surface area contributed by atoms with E-state index in [9.17, 15) is 9.59 Å². The highest BCUT2D eigenvalue weighted by Crippen LogP contribution is 2.33. The maximum atomic E-state index is 12.7. The molecule has 0 bridgehead atoms. The first kappa shape index (κ1) is 17.5. The summed E-state index contributed by atoms with van der Waals surface area (Å²) >= 11 is 0. The maximum absolute atomic E-state index is 12.7. The molecule has 0 spiro atoms. The summed E-state index contributed by atoms with van der Waals surface area (Å²) in [6, 6.07) is 5.44. The number of carboxylic acids is 1. The first-order valence-electron chi connectivity index (χ1n) is 8.00. The summed E-state index contributed by atoms with van der Waals surface area (Å²) in [7, 11) is 3.12. The van der Waals surface area contributed by atoms with Gasteiger partial charge in [0.05, 0.1) is 14.2 Å². The summed E-state index contributed by atoms with van der Waals surface area (Å²) in [4.78, 5) is 28.0. The molecule has 3 aromatic rings. The second-order valence-corrected chi connectivity index (χ2v) is 5.79. The highest BCUT2D eigenvalue weighted by molar-refractivity contribution is 5.78. The Bertz CT molecular complexity index is 1040. The highest BCUT2D eigenvalue weighted by atomic mass is 16.5. The van der Waals surface area contributed by atoms with E-state index < -0.39 is 5.97 Å². The van der Waals surface area contributed by atoms with E-state index in [0.29, 0.717) is 28.4 Å². The fourth-order valence-electron chi connectivity index (χ4n) is 2.89. The Labute approximate surface area is 149 Å². The predicted molar refractivity (Wildman–Crippen MR) is 95.0 cm³/mol. The van der Waals surface area contributed by atoms with Crippen LogP contribution in [0.4, 0.5) is 0 Å². The second kappa shape index (κ2) is 6.91. The van der Waals surface area contributed by atoms with E-state index >= 15 is 0 Å². The van der Waals surface area contributed by atoms with Crippen LogP contribution in [-0.2, 0) is 11.2 Å². The number of benzene rings is 1. The number of aryl methyl sites for hydroxylation is 1. The van der Waals surface area contributed by atoms with Gasteiger partial charge < -0.3 is 14.6 Å². The Hall–Kier alpha value is -3.29. The van der Waals surface area contributed by atoms with Crippen molar-refractivity contribution >= 4 is 11.6 Å². The van der Waals surface area contributed by atoms with Gasteiger partial charge in [0.15, 0.2) is 17.1 Å². The van der Waals surface area contributed by atoms with Crippen LogP contribution in [-0.4, -0.2) is 39.9 Å². The lowest BCUT2D eigenvalue weighted by molar-refractivity contribution is -0.136. The highest BCUT2D eigenvalue weighted by Gasteiger charge is 2.16. The number of nitrogens with zero attached hydrogens (tertiary/aromatic N) is 2. The Morgan fingerprint density at radius 2 is 2.00 bits per heavy atom. The largest absolute Gasteiger partial charge is 0.493 e. The van der Waals surface area contributed by atoms with E-state index in [1.165, 1.54) is 4.52 Å². The van der Waals surface area contributed by atoms with Crippen LogP contribution in [0.25, 0.3) is 16.8 Å². The molecule has 2 aromatic heterocycles. The van der Waals surface area contributed by atoms with E-state index in [4.69, 9.17) is 14.6 Å².